The molecule has 0 spiro atoms. The van der Waals surface area contributed by atoms with E-state index in [0.717, 1.165) is 29.2 Å². The molecule has 0 aliphatic carbocycles. The van der Waals surface area contributed by atoms with Gasteiger partial charge in [0.05, 0.1) is 4.90 Å². The molecule has 1 saturated heterocycles. The molecule has 4 rings (SSSR count). The Labute approximate surface area is 171 Å². The lowest BCUT2D eigenvalue weighted by Crippen LogP contribution is -2.50. The lowest BCUT2D eigenvalue weighted by Gasteiger charge is -2.33. The lowest BCUT2D eigenvalue weighted by atomic mass is 10.1. The normalized spacial score (nSPS) is 15.4. The topological polar surface area (TPSA) is 83.5 Å². The van der Waals surface area contributed by atoms with E-state index in [0.29, 0.717) is 10.6 Å². The fourth-order valence-corrected chi connectivity index (χ4v) is 5.23. The Hall–Kier alpha value is -2.69. The summed E-state index contributed by atoms with van der Waals surface area (Å²) in [6.07, 6.45) is 0. The molecule has 150 valence electrons. The maximum atomic E-state index is 13.1. The van der Waals surface area contributed by atoms with Crippen molar-refractivity contribution in [2.24, 2.45) is 0 Å². The van der Waals surface area contributed by atoms with E-state index in [4.69, 9.17) is 0 Å². The van der Waals surface area contributed by atoms with Crippen LogP contribution in [0.3, 0.4) is 0 Å². The summed E-state index contributed by atoms with van der Waals surface area (Å²) in [5, 5.41) is 4.09. The van der Waals surface area contributed by atoms with Crippen LogP contribution in [0.1, 0.15) is 9.67 Å². The molecule has 0 atom stereocenters. The van der Waals surface area contributed by atoms with E-state index < -0.39 is 15.8 Å². The van der Waals surface area contributed by atoms with Gasteiger partial charge in [-0.2, -0.15) is 4.31 Å². The molecule has 1 fully saturated rings. The van der Waals surface area contributed by atoms with Gasteiger partial charge in [0.2, 0.25) is 10.0 Å². The Morgan fingerprint density at radius 3 is 2.28 bits per heavy atom. The summed E-state index contributed by atoms with van der Waals surface area (Å²) in [6.45, 7) is 0.841. The Balaban J connectivity index is 1.47. The third kappa shape index (κ3) is 3.91. The first-order valence-corrected chi connectivity index (χ1v) is 11.1. The van der Waals surface area contributed by atoms with Gasteiger partial charge in [-0.25, -0.2) is 12.8 Å². The first-order valence-electron chi connectivity index (χ1n) is 8.89. The number of hydrogen-bond donors (Lipinski definition) is 0. The van der Waals surface area contributed by atoms with Gasteiger partial charge in [-0.3, -0.25) is 4.79 Å². The monoisotopic (exact) mass is 432 g/mol. The average Bonchev–Trinajstić information content (AvgIpc) is 3.24. The summed E-state index contributed by atoms with van der Waals surface area (Å²) >= 11 is 1.03. The second-order valence-corrected chi connectivity index (χ2v) is 9.16. The van der Waals surface area contributed by atoms with Gasteiger partial charge in [0.1, 0.15) is 16.4 Å². The smallest absolute Gasteiger partial charge is 0.267 e. The molecule has 0 N–H and O–H groups in total. The van der Waals surface area contributed by atoms with E-state index in [1.54, 1.807) is 4.90 Å². The first-order chi connectivity index (χ1) is 14.0. The minimum absolute atomic E-state index is 0.0386. The second kappa shape index (κ2) is 7.97. The van der Waals surface area contributed by atoms with E-state index in [1.807, 2.05) is 30.3 Å². The average molecular weight is 433 g/mol. The second-order valence-electron chi connectivity index (χ2n) is 6.47. The molecule has 2 heterocycles. The number of piperazine rings is 1. The number of benzene rings is 2. The van der Waals surface area contributed by atoms with E-state index >= 15 is 0 Å². The highest BCUT2D eigenvalue weighted by atomic mass is 32.2. The summed E-state index contributed by atoms with van der Waals surface area (Å²) in [5.41, 5.74) is 1.34. The third-order valence-corrected chi connectivity index (χ3v) is 7.33. The Morgan fingerprint density at radius 1 is 0.966 bits per heavy atom. The molecule has 1 amide bonds. The van der Waals surface area contributed by atoms with Crippen molar-refractivity contribution in [3.63, 3.8) is 0 Å². The molecule has 0 bridgehead atoms. The zero-order chi connectivity index (χ0) is 20.4. The number of aromatic nitrogens is 2. The fourth-order valence-electron chi connectivity index (χ4n) is 3.15. The molecule has 29 heavy (non-hydrogen) atoms. The van der Waals surface area contributed by atoms with Crippen LogP contribution < -0.4 is 0 Å². The van der Waals surface area contributed by atoms with Crippen molar-refractivity contribution in [3.8, 4) is 11.3 Å². The van der Waals surface area contributed by atoms with Crippen molar-refractivity contribution in [2.75, 3.05) is 26.2 Å². The largest absolute Gasteiger partial charge is 0.335 e. The summed E-state index contributed by atoms with van der Waals surface area (Å²) in [5.74, 6) is -0.704. The highest BCUT2D eigenvalue weighted by Gasteiger charge is 2.32. The van der Waals surface area contributed by atoms with Gasteiger partial charge in [0, 0.05) is 31.7 Å². The Kier molecular flexibility index (Phi) is 5.39. The summed E-state index contributed by atoms with van der Waals surface area (Å²) in [7, 11) is -3.73. The number of amides is 1. The van der Waals surface area contributed by atoms with Gasteiger partial charge in [0.25, 0.3) is 5.91 Å². The van der Waals surface area contributed by atoms with Crippen LogP contribution in [0, 0.1) is 5.82 Å². The quantitative estimate of drug-likeness (QED) is 0.633. The first kappa shape index (κ1) is 19.6. The maximum absolute atomic E-state index is 13.1. The highest BCUT2D eigenvalue weighted by Crippen LogP contribution is 2.26. The van der Waals surface area contributed by atoms with E-state index in [2.05, 4.69) is 9.59 Å². The lowest BCUT2D eigenvalue weighted by molar-refractivity contribution is 0.0703. The van der Waals surface area contributed by atoms with Crippen LogP contribution in [0.5, 0.6) is 0 Å². The number of halogens is 1. The maximum Gasteiger partial charge on any atom is 0.267 e. The van der Waals surface area contributed by atoms with Crippen molar-refractivity contribution in [1.29, 1.82) is 0 Å². The zero-order valence-electron chi connectivity index (χ0n) is 15.2. The molecule has 0 radical (unpaired) electrons. The van der Waals surface area contributed by atoms with Gasteiger partial charge in [-0.1, -0.05) is 34.8 Å². The standard InChI is InChI=1S/C19H17FN4O3S2/c20-15-6-8-16(9-7-15)29(26,27)24-12-10-23(11-13-24)19(25)18-17(21-22-28-18)14-4-2-1-3-5-14/h1-9H,10-13H2. The van der Waals surface area contributed by atoms with Crippen molar-refractivity contribution in [1.82, 2.24) is 18.8 Å². The van der Waals surface area contributed by atoms with Crippen molar-refractivity contribution < 1.29 is 17.6 Å². The number of carbonyl (C=O) groups is 1. The predicted molar refractivity (Wildman–Crippen MR) is 106 cm³/mol. The number of carbonyl (C=O) groups excluding carboxylic acids is 1. The molecule has 1 aromatic heterocycles. The summed E-state index contributed by atoms with van der Waals surface area (Å²) < 4.78 is 43.8. The SMILES string of the molecule is O=C(c1snnc1-c1ccccc1)N1CCN(S(=O)(=O)c2ccc(F)cc2)CC1. The van der Waals surface area contributed by atoms with Gasteiger partial charge in [-0.05, 0) is 35.8 Å². The Morgan fingerprint density at radius 2 is 1.62 bits per heavy atom. The molecule has 1 aliphatic rings. The van der Waals surface area contributed by atoms with Gasteiger partial charge < -0.3 is 4.90 Å². The molecule has 10 heteroatoms. The van der Waals surface area contributed by atoms with Crippen molar-refractivity contribution >= 4 is 27.5 Å². The van der Waals surface area contributed by atoms with Crippen LogP contribution in [0.2, 0.25) is 0 Å². The number of hydrogen-bond acceptors (Lipinski definition) is 6. The zero-order valence-corrected chi connectivity index (χ0v) is 16.9. The number of nitrogens with zero attached hydrogens (tertiary/aromatic N) is 4. The number of sulfonamides is 1. The van der Waals surface area contributed by atoms with Crippen LogP contribution in [-0.2, 0) is 10.0 Å². The molecule has 2 aromatic carbocycles. The van der Waals surface area contributed by atoms with Gasteiger partial charge >= 0.3 is 0 Å². The fraction of sp³-hybridized carbons (Fsp3) is 0.211. The molecule has 1 aliphatic heterocycles. The van der Waals surface area contributed by atoms with Crippen LogP contribution >= 0.6 is 11.5 Å². The molecular formula is C19H17FN4O3S2. The Bertz CT molecular complexity index is 1110. The van der Waals surface area contributed by atoms with E-state index in [-0.39, 0.29) is 37.0 Å². The van der Waals surface area contributed by atoms with Crippen LogP contribution in [0.4, 0.5) is 4.39 Å². The van der Waals surface area contributed by atoms with Crippen LogP contribution in [-0.4, -0.2) is 59.3 Å². The van der Waals surface area contributed by atoms with Gasteiger partial charge in [-0.15, -0.1) is 5.10 Å². The minimum atomic E-state index is -3.73. The number of rotatable bonds is 4. The molecule has 0 unspecified atom stereocenters. The van der Waals surface area contributed by atoms with E-state index in [9.17, 15) is 17.6 Å². The highest BCUT2D eigenvalue weighted by molar-refractivity contribution is 7.89. The molecule has 3 aromatic rings. The molecular weight excluding hydrogens is 415 g/mol. The third-order valence-electron chi connectivity index (χ3n) is 4.71. The summed E-state index contributed by atoms with van der Waals surface area (Å²) in [4.78, 5) is 15.0. The minimum Gasteiger partial charge on any atom is -0.335 e. The van der Waals surface area contributed by atoms with Crippen LogP contribution in [0.25, 0.3) is 11.3 Å². The van der Waals surface area contributed by atoms with Crippen molar-refractivity contribution in [3.05, 3.63) is 65.3 Å². The summed E-state index contributed by atoms with van der Waals surface area (Å²) in [6, 6.07) is 14.1. The molecule has 7 nitrogen and oxygen atoms in total. The van der Waals surface area contributed by atoms with E-state index in [1.165, 1.54) is 16.4 Å². The van der Waals surface area contributed by atoms with Gasteiger partial charge in [0.15, 0.2) is 0 Å². The molecule has 0 saturated carbocycles. The van der Waals surface area contributed by atoms with Crippen LogP contribution in [0.15, 0.2) is 59.5 Å². The predicted octanol–water partition coefficient (Wildman–Crippen LogP) is 2.49. The van der Waals surface area contributed by atoms with Crippen molar-refractivity contribution in [2.45, 2.75) is 4.90 Å².